The second kappa shape index (κ2) is 8.16. The number of halogens is 3. The van der Waals surface area contributed by atoms with Gasteiger partial charge in [-0.05, 0) is 49.9 Å². The summed E-state index contributed by atoms with van der Waals surface area (Å²) < 4.78 is 38.3. The predicted molar refractivity (Wildman–Crippen MR) is 94.7 cm³/mol. The first-order valence-electron chi connectivity index (χ1n) is 8.46. The third-order valence-corrected chi connectivity index (χ3v) is 4.72. The van der Waals surface area contributed by atoms with Crippen LogP contribution < -0.4 is 4.74 Å². The maximum absolute atomic E-state index is 13.0. The van der Waals surface area contributed by atoms with Crippen LogP contribution in [-0.2, 0) is 11.2 Å². The fourth-order valence-corrected chi connectivity index (χ4v) is 3.11. The molecule has 1 heterocycles. The maximum Gasteiger partial charge on any atom is 0.359 e. The van der Waals surface area contributed by atoms with Gasteiger partial charge >= 0.3 is 12.5 Å². The van der Waals surface area contributed by atoms with E-state index in [9.17, 15) is 13.6 Å². The Kier molecular flexibility index (Phi) is 5.90. The van der Waals surface area contributed by atoms with Crippen molar-refractivity contribution in [3.05, 3.63) is 45.7 Å². The summed E-state index contributed by atoms with van der Waals surface area (Å²) in [7, 11) is 0. The summed E-state index contributed by atoms with van der Waals surface area (Å²) in [6.07, 6.45) is 4.76. The summed E-state index contributed by atoms with van der Waals surface area (Å²) in [6, 6.07) is 5.58. The van der Waals surface area contributed by atoms with E-state index >= 15 is 0 Å². The number of ether oxygens (including phenoxy) is 2. The van der Waals surface area contributed by atoms with Crippen LogP contribution in [0.4, 0.5) is 8.78 Å². The van der Waals surface area contributed by atoms with Gasteiger partial charge in [0.1, 0.15) is 5.75 Å². The molecule has 1 aromatic heterocycles. The van der Waals surface area contributed by atoms with Gasteiger partial charge in [0.2, 0.25) is 0 Å². The molecule has 0 spiro atoms. The van der Waals surface area contributed by atoms with E-state index in [-0.39, 0.29) is 24.8 Å². The van der Waals surface area contributed by atoms with E-state index in [0.717, 1.165) is 29.3 Å². The van der Waals surface area contributed by atoms with E-state index in [1.54, 1.807) is 6.92 Å². The van der Waals surface area contributed by atoms with Gasteiger partial charge < -0.3 is 9.47 Å². The molecule has 140 valence electrons. The molecule has 8 heteroatoms. The lowest BCUT2D eigenvalue weighted by atomic mass is 9.96. The van der Waals surface area contributed by atoms with Crippen molar-refractivity contribution in [3.63, 3.8) is 0 Å². The molecule has 2 aromatic rings. The summed E-state index contributed by atoms with van der Waals surface area (Å²) >= 11 is 3.42. The fraction of sp³-hybridized carbons (Fsp3) is 0.444. The quantitative estimate of drug-likeness (QED) is 0.597. The number of benzene rings is 1. The molecule has 1 aliphatic carbocycles. The standard InChI is InChI=1S/C18H19BrF2N2O3/c1-2-25-17(24)16-12(10-23(22-16)18(20)21)8-11-9-13(19)6-7-15(11)26-14-4-3-5-14/h6-7,9-10,14,18H,2-5,8H2,1H3. The highest BCUT2D eigenvalue weighted by molar-refractivity contribution is 9.10. The molecule has 5 nitrogen and oxygen atoms in total. The number of rotatable bonds is 7. The number of esters is 1. The van der Waals surface area contributed by atoms with E-state index in [0.29, 0.717) is 16.0 Å². The van der Waals surface area contributed by atoms with E-state index in [4.69, 9.17) is 9.47 Å². The van der Waals surface area contributed by atoms with Crippen LogP contribution in [0.25, 0.3) is 0 Å². The number of carbonyl (C=O) groups is 1. The number of hydrogen-bond acceptors (Lipinski definition) is 4. The van der Waals surface area contributed by atoms with Crippen molar-refractivity contribution in [3.8, 4) is 5.75 Å². The normalized spacial score (nSPS) is 14.3. The number of nitrogens with zero attached hydrogens (tertiary/aromatic N) is 2. The Morgan fingerprint density at radius 3 is 2.77 bits per heavy atom. The first-order chi connectivity index (χ1) is 12.5. The van der Waals surface area contributed by atoms with Gasteiger partial charge in [-0.3, -0.25) is 0 Å². The summed E-state index contributed by atoms with van der Waals surface area (Å²) in [6.45, 7) is -1.03. The Balaban J connectivity index is 1.92. The van der Waals surface area contributed by atoms with Crippen LogP contribution in [0.1, 0.15) is 54.4 Å². The Labute approximate surface area is 158 Å². The second-order valence-electron chi connectivity index (χ2n) is 6.08. The zero-order valence-corrected chi connectivity index (χ0v) is 15.8. The molecule has 0 amide bonds. The molecule has 0 saturated heterocycles. The van der Waals surface area contributed by atoms with Gasteiger partial charge in [0.05, 0.1) is 12.7 Å². The van der Waals surface area contributed by atoms with Crippen molar-refractivity contribution in [1.29, 1.82) is 0 Å². The Hall–Kier alpha value is -1.96. The van der Waals surface area contributed by atoms with E-state index in [1.165, 1.54) is 6.20 Å². The van der Waals surface area contributed by atoms with Gasteiger partial charge in [0.15, 0.2) is 5.69 Å². The summed E-state index contributed by atoms with van der Waals surface area (Å²) in [5.74, 6) is -0.0177. The highest BCUT2D eigenvalue weighted by Crippen LogP contribution is 2.31. The van der Waals surface area contributed by atoms with E-state index in [1.807, 2.05) is 18.2 Å². The Morgan fingerprint density at radius 2 is 2.15 bits per heavy atom. The molecule has 0 unspecified atom stereocenters. The molecular weight excluding hydrogens is 410 g/mol. The molecule has 26 heavy (non-hydrogen) atoms. The molecule has 1 saturated carbocycles. The summed E-state index contributed by atoms with van der Waals surface area (Å²) in [5, 5.41) is 3.70. The first kappa shape index (κ1) is 18.8. The number of alkyl halides is 2. The van der Waals surface area contributed by atoms with Crippen LogP contribution in [-0.4, -0.2) is 28.5 Å². The lowest BCUT2D eigenvalue weighted by Gasteiger charge is -2.27. The zero-order valence-electron chi connectivity index (χ0n) is 14.3. The van der Waals surface area contributed by atoms with Gasteiger partial charge in [0, 0.05) is 22.7 Å². The average molecular weight is 429 g/mol. The van der Waals surface area contributed by atoms with Crippen molar-refractivity contribution < 1.29 is 23.0 Å². The molecular formula is C18H19BrF2N2O3. The topological polar surface area (TPSA) is 53.3 Å². The van der Waals surface area contributed by atoms with Crippen molar-refractivity contribution in [1.82, 2.24) is 9.78 Å². The van der Waals surface area contributed by atoms with E-state index < -0.39 is 12.5 Å². The monoisotopic (exact) mass is 428 g/mol. The van der Waals surface area contributed by atoms with E-state index in [2.05, 4.69) is 21.0 Å². The van der Waals surface area contributed by atoms with Crippen LogP contribution in [0.2, 0.25) is 0 Å². The minimum atomic E-state index is -2.83. The van der Waals surface area contributed by atoms with Crippen LogP contribution >= 0.6 is 15.9 Å². The summed E-state index contributed by atoms with van der Waals surface area (Å²) in [4.78, 5) is 12.1. The van der Waals surface area contributed by atoms with Gasteiger partial charge in [-0.25, -0.2) is 9.48 Å². The zero-order chi connectivity index (χ0) is 18.7. The molecule has 1 fully saturated rings. The van der Waals surface area contributed by atoms with Crippen LogP contribution in [0.15, 0.2) is 28.9 Å². The number of hydrogen-bond donors (Lipinski definition) is 0. The molecule has 0 bridgehead atoms. The second-order valence-corrected chi connectivity index (χ2v) is 7.00. The molecule has 1 aliphatic rings. The average Bonchev–Trinajstić information content (AvgIpc) is 2.97. The van der Waals surface area contributed by atoms with Gasteiger partial charge in [-0.2, -0.15) is 13.9 Å². The first-order valence-corrected chi connectivity index (χ1v) is 9.25. The number of aromatic nitrogens is 2. The van der Waals surface area contributed by atoms with Crippen molar-refractivity contribution in [2.45, 2.75) is 45.3 Å². The minimum Gasteiger partial charge on any atom is -0.490 e. The smallest absolute Gasteiger partial charge is 0.359 e. The fourth-order valence-electron chi connectivity index (χ4n) is 2.70. The molecule has 0 radical (unpaired) electrons. The highest BCUT2D eigenvalue weighted by atomic mass is 79.9. The highest BCUT2D eigenvalue weighted by Gasteiger charge is 2.24. The van der Waals surface area contributed by atoms with Crippen LogP contribution in [0.3, 0.4) is 0 Å². The lowest BCUT2D eigenvalue weighted by Crippen LogP contribution is -2.25. The third kappa shape index (κ3) is 4.23. The summed E-state index contributed by atoms with van der Waals surface area (Å²) in [5.41, 5.74) is 1.08. The van der Waals surface area contributed by atoms with Crippen LogP contribution in [0.5, 0.6) is 5.75 Å². The maximum atomic E-state index is 13.0. The molecule has 0 N–H and O–H groups in total. The van der Waals surface area contributed by atoms with Crippen molar-refractivity contribution >= 4 is 21.9 Å². The minimum absolute atomic E-state index is 0.0956. The predicted octanol–water partition coefficient (Wildman–Crippen LogP) is 4.74. The van der Waals surface area contributed by atoms with Gasteiger partial charge in [-0.1, -0.05) is 15.9 Å². The molecule has 3 rings (SSSR count). The SMILES string of the molecule is CCOC(=O)c1nn(C(F)F)cc1Cc1cc(Br)ccc1OC1CCC1. The van der Waals surface area contributed by atoms with Crippen molar-refractivity contribution in [2.75, 3.05) is 6.61 Å². The molecule has 0 aliphatic heterocycles. The van der Waals surface area contributed by atoms with Crippen LogP contribution in [0, 0.1) is 0 Å². The molecule has 1 aromatic carbocycles. The Bertz CT molecular complexity index is 791. The number of carbonyl (C=O) groups excluding carboxylic acids is 1. The largest absolute Gasteiger partial charge is 0.490 e. The Morgan fingerprint density at radius 1 is 1.38 bits per heavy atom. The van der Waals surface area contributed by atoms with Gasteiger partial charge in [-0.15, -0.1) is 0 Å². The third-order valence-electron chi connectivity index (χ3n) is 4.23. The molecule has 0 atom stereocenters. The lowest BCUT2D eigenvalue weighted by molar-refractivity contribution is 0.0480. The van der Waals surface area contributed by atoms with Crippen molar-refractivity contribution in [2.24, 2.45) is 0 Å². The van der Waals surface area contributed by atoms with Gasteiger partial charge in [0.25, 0.3) is 0 Å².